The Morgan fingerprint density at radius 2 is 1.82 bits per heavy atom. The zero-order valence-corrected chi connectivity index (χ0v) is 14.3. The SMILES string of the molecule is CN=C(NCCNC(=O)C(C)C)NCc1ccc(C)cc1C. The van der Waals surface area contributed by atoms with Crippen molar-refractivity contribution >= 4 is 11.9 Å². The van der Waals surface area contributed by atoms with Gasteiger partial charge in [0, 0.05) is 32.6 Å². The Bertz CT molecular complexity index is 523. The summed E-state index contributed by atoms with van der Waals surface area (Å²) in [7, 11) is 1.74. The second-order valence-electron chi connectivity index (χ2n) is 5.73. The second-order valence-corrected chi connectivity index (χ2v) is 5.73. The first-order valence-corrected chi connectivity index (χ1v) is 7.72. The summed E-state index contributed by atoms with van der Waals surface area (Å²) in [6.45, 7) is 9.93. The maximum Gasteiger partial charge on any atom is 0.222 e. The molecule has 0 aliphatic carbocycles. The van der Waals surface area contributed by atoms with E-state index in [1.54, 1.807) is 7.05 Å². The molecular weight excluding hydrogens is 276 g/mol. The van der Waals surface area contributed by atoms with Crippen molar-refractivity contribution < 1.29 is 4.79 Å². The molecule has 5 heteroatoms. The summed E-state index contributed by atoms with van der Waals surface area (Å²) in [4.78, 5) is 15.6. The molecule has 0 fully saturated rings. The highest BCUT2D eigenvalue weighted by Gasteiger charge is 2.05. The number of guanidine groups is 1. The number of nitrogens with one attached hydrogen (secondary N) is 3. The standard InChI is InChI=1S/C17H28N4O/c1-12(2)16(22)19-8-9-20-17(18-5)21-11-15-7-6-13(3)10-14(15)4/h6-7,10,12H,8-9,11H2,1-5H3,(H,19,22)(H2,18,20,21). The van der Waals surface area contributed by atoms with Crippen LogP contribution in [0, 0.1) is 19.8 Å². The van der Waals surface area contributed by atoms with Crippen LogP contribution in [0.4, 0.5) is 0 Å². The molecule has 5 nitrogen and oxygen atoms in total. The predicted octanol–water partition coefficient (Wildman–Crippen LogP) is 1.74. The van der Waals surface area contributed by atoms with Gasteiger partial charge in [0.25, 0.3) is 0 Å². The third-order valence-electron chi connectivity index (χ3n) is 3.41. The summed E-state index contributed by atoms with van der Waals surface area (Å²) in [5.74, 6) is 0.820. The van der Waals surface area contributed by atoms with E-state index in [2.05, 4.69) is 53.0 Å². The van der Waals surface area contributed by atoms with Crippen LogP contribution >= 0.6 is 0 Å². The van der Waals surface area contributed by atoms with Crippen molar-refractivity contribution in [3.63, 3.8) is 0 Å². The zero-order chi connectivity index (χ0) is 16.5. The number of hydrogen-bond donors (Lipinski definition) is 3. The van der Waals surface area contributed by atoms with Crippen molar-refractivity contribution in [2.24, 2.45) is 10.9 Å². The largest absolute Gasteiger partial charge is 0.355 e. The van der Waals surface area contributed by atoms with Gasteiger partial charge in [-0.2, -0.15) is 0 Å². The molecule has 1 aromatic rings. The lowest BCUT2D eigenvalue weighted by molar-refractivity contribution is -0.123. The Morgan fingerprint density at radius 3 is 2.41 bits per heavy atom. The number of aryl methyl sites for hydroxylation is 2. The van der Waals surface area contributed by atoms with Gasteiger partial charge in [0.15, 0.2) is 5.96 Å². The molecule has 122 valence electrons. The van der Waals surface area contributed by atoms with Gasteiger partial charge < -0.3 is 16.0 Å². The van der Waals surface area contributed by atoms with Gasteiger partial charge in [-0.1, -0.05) is 37.6 Å². The Morgan fingerprint density at radius 1 is 1.14 bits per heavy atom. The van der Waals surface area contributed by atoms with Crippen LogP contribution in [-0.4, -0.2) is 32.0 Å². The Hall–Kier alpha value is -2.04. The number of aliphatic imine (C=N–C) groups is 1. The van der Waals surface area contributed by atoms with E-state index < -0.39 is 0 Å². The fourth-order valence-electron chi connectivity index (χ4n) is 2.01. The molecule has 0 unspecified atom stereocenters. The van der Waals surface area contributed by atoms with Gasteiger partial charge in [-0.25, -0.2) is 0 Å². The highest BCUT2D eigenvalue weighted by atomic mass is 16.1. The van der Waals surface area contributed by atoms with Crippen LogP contribution < -0.4 is 16.0 Å². The van der Waals surface area contributed by atoms with E-state index in [9.17, 15) is 4.79 Å². The number of carbonyl (C=O) groups excluding carboxylic acids is 1. The smallest absolute Gasteiger partial charge is 0.222 e. The molecule has 0 aromatic heterocycles. The van der Waals surface area contributed by atoms with Crippen LogP contribution in [0.5, 0.6) is 0 Å². The van der Waals surface area contributed by atoms with E-state index in [1.165, 1.54) is 16.7 Å². The topological polar surface area (TPSA) is 65.5 Å². The van der Waals surface area contributed by atoms with Gasteiger partial charge >= 0.3 is 0 Å². The number of hydrogen-bond acceptors (Lipinski definition) is 2. The summed E-state index contributed by atoms with van der Waals surface area (Å²) in [6.07, 6.45) is 0. The fraction of sp³-hybridized carbons (Fsp3) is 0.529. The molecule has 0 atom stereocenters. The minimum absolute atomic E-state index is 0.0157. The monoisotopic (exact) mass is 304 g/mol. The first-order valence-electron chi connectivity index (χ1n) is 7.72. The first kappa shape index (κ1) is 18.0. The molecule has 0 bridgehead atoms. The average Bonchev–Trinajstić information content (AvgIpc) is 2.47. The number of carbonyl (C=O) groups is 1. The van der Waals surface area contributed by atoms with Crippen LogP contribution in [0.1, 0.15) is 30.5 Å². The van der Waals surface area contributed by atoms with Gasteiger partial charge in [0.2, 0.25) is 5.91 Å². The van der Waals surface area contributed by atoms with Crippen LogP contribution in [0.2, 0.25) is 0 Å². The summed E-state index contributed by atoms with van der Waals surface area (Å²) in [5.41, 5.74) is 3.79. The Labute approximate surface area is 133 Å². The summed E-state index contributed by atoms with van der Waals surface area (Å²) in [5, 5.41) is 9.34. The van der Waals surface area contributed by atoms with Crippen molar-refractivity contribution in [2.45, 2.75) is 34.2 Å². The van der Waals surface area contributed by atoms with Crippen LogP contribution in [-0.2, 0) is 11.3 Å². The molecule has 1 rings (SSSR count). The highest BCUT2D eigenvalue weighted by Crippen LogP contribution is 2.09. The second kappa shape index (κ2) is 9.07. The first-order chi connectivity index (χ1) is 10.4. The highest BCUT2D eigenvalue weighted by molar-refractivity contribution is 5.80. The van der Waals surface area contributed by atoms with Gasteiger partial charge in [-0.3, -0.25) is 9.79 Å². The van der Waals surface area contributed by atoms with E-state index in [0.29, 0.717) is 13.1 Å². The molecule has 0 saturated heterocycles. The van der Waals surface area contributed by atoms with E-state index in [1.807, 2.05) is 13.8 Å². The van der Waals surface area contributed by atoms with Crippen molar-refractivity contribution in [3.8, 4) is 0 Å². The van der Waals surface area contributed by atoms with Crippen molar-refractivity contribution in [2.75, 3.05) is 20.1 Å². The minimum Gasteiger partial charge on any atom is -0.355 e. The lowest BCUT2D eigenvalue weighted by Crippen LogP contribution is -2.41. The van der Waals surface area contributed by atoms with Crippen molar-refractivity contribution in [1.82, 2.24) is 16.0 Å². The van der Waals surface area contributed by atoms with Crippen LogP contribution in [0.15, 0.2) is 23.2 Å². The lowest BCUT2D eigenvalue weighted by atomic mass is 10.1. The molecule has 0 heterocycles. The number of rotatable bonds is 6. The molecule has 1 aromatic carbocycles. The Kier molecular flexibility index (Phi) is 7.43. The zero-order valence-electron chi connectivity index (χ0n) is 14.3. The average molecular weight is 304 g/mol. The third-order valence-corrected chi connectivity index (χ3v) is 3.41. The molecule has 0 spiro atoms. The fourth-order valence-corrected chi connectivity index (χ4v) is 2.01. The van der Waals surface area contributed by atoms with E-state index in [0.717, 1.165) is 12.5 Å². The maximum atomic E-state index is 11.4. The van der Waals surface area contributed by atoms with Crippen molar-refractivity contribution in [1.29, 1.82) is 0 Å². The van der Waals surface area contributed by atoms with Gasteiger partial charge in [0.1, 0.15) is 0 Å². The molecule has 22 heavy (non-hydrogen) atoms. The van der Waals surface area contributed by atoms with Crippen LogP contribution in [0.3, 0.4) is 0 Å². The molecule has 0 aliphatic rings. The molecule has 3 N–H and O–H groups in total. The lowest BCUT2D eigenvalue weighted by Gasteiger charge is -2.14. The molecule has 0 aliphatic heterocycles. The van der Waals surface area contributed by atoms with Crippen LogP contribution in [0.25, 0.3) is 0 Å². The molecule has 0 radical (unpaired) electrons. The Balaban J connectivity index is 2.35. The molecular formula is C17H28N4O. The number of benzene rings is 1. The quantitative estimate of drug-likeness (QED) is 0.426. The number of amides is 1. The van der Waals surface area contributed by atoms with Crippen molar-refractivity contribution in [3.05, 3.63) is 34.9 Å². The van der Waals surface area contributed by atoms with E-state index >= 15 is 0 Å². The summed E-state index contributed by atoms with van der Waals surface area (Å²) < 4.78 is 0. The molecule has 1 amide bonds. The minimum atomic E-state index is 0.0157. The van der Waals surface area contributed by atoms with Gasteiger partial charge in [0.05, 0.1) is 0 Å². The summed E-state index contributed by atoms with van der Waals surface area (Å²) >= 11 is 0. The summed E-state index contributed by atoms with van der Waals surface area (Å²) in [6, 6.07) is 6.42. The normalized spacial score (nSPS) is 11.5. The van der Waals surface area contributed by atoms with Gasteiger partial charge in [-0.05, 0) is 25.0 Å². The van der Waals surface area contributed by atoms with E-state index in [-0.39, 0.29) is 11.8 Å². The predicted molar refractivity (Wildman–Crippen MR) is 92.0 cm³/mol. The third kappa shape index (κ3) is 6.16. The van der Waals surface area contributed by atoms with Gasteiger partial charge in [-0.15, -0.1) is 0 Å². The molecule has 0 saturated carbocycles. The number of nitrogens with zero attached hydrogens (tertiary/aromatic N) is 1. The van der Waals surface area contributed by atoms with E-state index in [4.69, 9.17) is 0 Å². The maximum absolute atomic E-state index is 11.4.